The Morgan fingerprint density at radius 2 is 2.29 bits per heavy atom. The molecule has 1 amide bonds. The number of morpholine rings is 1. The standard InChI is InChI=1S/C13H24N2O2/c1-10(2)13(3-4-13)9-15-12(16)7-11-8-17-6-5-14-11/h10-11,14H,3-9H2,1-2H3,(H,15,16). The van der Waals surface area contributed by atoms with Crippen molar-refractivity contribution in [2.75, 3.05) is 26.3 Å². The third-order valence-electron chi connectivity index (χ3n) is 4.18. The second kappa shape index (κ2) is 5.36. The van der Waals surface area contributed by atoms with Crippen molar-refractivity contribution in [1.82, 2.24) is 10.6 Å². The van der Waals surface area contributed by atoms with Gasteiger partial charge in [0.25, 0.3) is 0 Å². The molecule has 0 aromatic rings. The first-order valence-electron chi connectivity index (χ1n) is 6.70. The first-order chi connectivity index (χ1) is 8.12. The summed E-state index contributed by atoms with van der Waals surface area (Å²) in [6.45, 7) is 7.60. The summed E-state index contributed by atoms with van der Waals surface area (Å²) in [7, 11) is 0. The van der Waals surface area contributed by atoms with Crippen molar-refractivity contribution in [2.45, 2.75) is 39.2 Å². The average molecular weight is 240 g/mol. The van der Waals surface area contributed by atoms with Crippen LogP contribution in [0.5, 0.6) is 0 Å². The molecule has 4 heteroatoms. The molecule has 1 saturated carbocycles. The molecule has 17 heavy (non-hydrogen) atoms. The molecular weight excluding hydrogens is 216 g/mol. The zero-order valence-corrected chi connectivity index (χ0v) is 10.9. The second-order valence-electron chi connectivity index (χ2n) is 5.72. The van der Waals surface area contributed by atoms with E-state index in [4.69, 9.17) is 4.74 Å². The third-order valence-corrected chi connectivity index (χ3v) is 4.18. The Morgan fingerprint density at radius 1 is 1.53 bits per heavy atom. The van der Waals surface area contributed by atoms with Crippen molar-refractivity contribution >= 4 is 5.91 Å². The molecule has 2 N–H and O–H groups in total. The van der Waals surface area contributed by atoms with Gasteiger partial charge >= 0.3 is 0 Å². The van der Waals surface area contributed by atoms with E-state index < -0.39 is 0 Å². The lowest BCUT2D eigenvalue weighted by atomic mass is 9.92. The number of carbonyl (C=O) groups excluding carboxylic acids is 1. The summed E-state index contributed by atoms with van der Waals surface area (Å²) in [5.41, 5.74) is 0.395. The Morgan fingerprint density at radius 3 is 2.82 bits per heavy atom. The van der Waals surface area contributed by atoms with Gasteiger partial charge < -0.3 is 15.4 Å². The number of rotatable bonds is 5. The molecule has 1 heterocycles. The van der Waals surface area contributed by atoms with E-state index in [1.54, 1.807) is 0 Å². The Labute approximate surface area is 103 Å². The summed E-state index contributed by atoms with van der Waals surface area (Å²) in [5, 5.41) is 6.38. The van der Waals surface area contributed by atoms with Crippen LogP contribution in [0.3, 0.4) is 0 Å². The van der Waals surface area contributed by atoms with E-state index in [1.165, 1.54) is 12.8 Å². The topological polar surface area (TPSA) is 50.4 Å². The fraction of sp³-hybridized carbons (Fsp3) is 0.923. The molecule has 1 aliphatic heterocycles. The molecule has 0 aromatic heterocycles. The van der Waals surface area contributed by atoms with E-state index >= 15 is 0 Å². The number of carbonyl (C=O) groups is 1. The molecule has 2 fully saturated rings. The lowest BCUT2D eigenvalue weighted by molar-refractivity contribution is -0.122. The van der Waals surface area contributed by atoms with Crippen molar-refractivity contribution < 1.29 is 9.53 Å². The fourth-order valence-corrected chi connectivity index (χ4v) is 2.44. The Bertz CT molecular complexity index is 269. The van der Waals surface area contributed by atoms with Gasteiger partial charge in [-0.3, -0.25) is 4.79 Å². The Balaban J connectivity index is 1.67. The van der Waals surface area contributed by atoms with E-state index in [2.05, 4.69) is 24.5 Å². The molecule has 0 radical (unpaired) electrons. The molecule has 1 atom stereocenters. The van der Waals surface area contributed by atoms with Crippen LogP contribution >= 0.6 is 0 Å². The van der Waals surface area contributed by atoms with Crippen LogP contribution < -0.4 is 10.6 Å². The van der Waals surface area contributed by atoms with Crippen LogP contribution in [0.25, 0.3) is 0 Å². The molecule has 1 aliphatic carbocycles. The van der Waals surface area contributed by atoms with Crippen LogP contribution in [-0.4, -0.2) is 38.3 Å². The predicted molar refractivity (Wildman–Crippen MR) is 66.7 cm³/mol. The molecular formula is C13H24N2O2. The van der Waals surface area contributed by atoms with Gasteiger partial charge in [-0.15, -0.1) is 0 Å². The summed E-state index contributed by atoms with van der Waals surface area (Å²) in [4.78, 5) is 11.8. The maximum atomic E-state index is 11.8. The second-order valence-corrected chi connectivity index (χ2v) is 5.72. The van der Waals surface area contributed by atoms with E-state index in [1.807, 2.05) is 0 Å². The molecule has 4 nitrogen and oxygen atoms in total. The first-order valence-corrected chi connectivity index (χ1v) is 6.70. The lowest BCUT2D eigenvalue weighted by Gasteiger charge is -2.24. The average Bonchev–Trinajstić information content (AvgIpc) is 3.09. The molecule has 1 unspecified atom stereocenters. The van der Waals surface area contributed by atoms with Gasteiger partial charge in [-0.05, 0) is 24.2 Å². The number of hydrogen-bond acceptors (Lipinski definition) is 3. The smallest absolute Gasteiger partial charge is 0.221 e. The van der Waals surface area contributed by atoms with Gasteiger partial charge in [-0.1, -0.05) is 13.8 Å². The number of amides is 1. The van der Waals surface area contributed by atoms with E-state index in [-0.39, 0.29) is 11.9 Å². The van der Waals surface area contributed by atoms with Gasteiger partial charge in [0.05, 0.1) is 13.2 Å². The van der Waals surface area contributed by atoms with Gasteiger partial charge in [0.15, 0.2) is 0 Å². The largest absolute Gasteiger partial charge is 0.378 e. The SMILES string of the molecule is CC(C)C1(CNC(=O)CC2COCCN2)CC1. The molecule has 0 aromatic carbocycles. The van der Waals surface area contributed by atoms with Crippen LogP contribution in [-0.2, 0) is 9.53 Å². The third kappa shape index (κ3) is 3.42. The molecule has 98 valence electrons. The Hall–Kier alpha value is -0.610. The van der Waals surface area contributed by atoms with E-state index in [9.17, 15) is 4.79 Å². The number of ether oxygens (including phenoxy) is 1. The highest BCUT2D eigenvalue weighted by atomic mass is 16.5. The minimum absolute atomic E-state index is 0.153. The number of nitrogens with one attached hydrogen (secondary N) is 2. The zero-order valence-electron chi connectivity index (χ0n) is 10.9. The van der Waals surface area contributed by atoms with Crippen molar-refractivity contribution in [3.63, 3.8) is 0 Å². The maximum absolute atomic E-state index is 11.8. The maximum Gasteiger partial charge on any atom is 0.221 e. The normalized spacial score (nSPS) is 26.9. The molecule has 0 spiro atoms. The molecule has 0 bridgehead atoms. The van der Waals surface area contributed by atoms with Crippen LogP contribution in [0.2, 0.25) is 0 Å². The quantitative estimate of drug-likeness (QED) is 0.751. The van der Waals surface area contributed by atoms with Gasteiger partial charge in [-0.2, -0.15) is 0 Å². The lowest BCUT2D eigenvalue weighted by Crippen LogP contribution is -2.45. The van der Waals surface area contributed by atoms with Gasteiger partial charge in [0, 0.05) is 25.6 Å². The van der Waals surface area contributed by atoms with Crippen molar-refractivity contribution in [2.24, 2.45) is 11.3 Å². The van der Waals surface area contributed by atoms with Gasteiger partial charge in [0.1, 0.15) is 0 Å². The summed E-state index contributed by atoms with van der Waals surface area (Å²) < 4.78 is 5.34. The van der Waals surface area contributed by atoms with Crippen LogP contribution in [0.4, 0.5) is 0 Å². The minimum atomic E-state index is 0.153. The fourth-order valence-electron chi connectivity index (χ4n) is 2.44. The van der Waals surface area contributed by atoms with Crippen molar-refractivity contribution in [3.05, 3.63) is 0 Å². The zero-order chi connectivity index (χ0) is 12.3. The summed E-state index contributed by atoms with van der Waals surface area (Å²) in [5.74, 6) is 0.818. The molecule has 1 saturated heterocycles. The summed E-state index contributed by atoms with van der Waals surface area (Å²) in [6, 6.07) is 0.193. The van der Waals surface area contributed by atoms with Crippen LogP contribution in [0.1, 0.15) is 33.1 Å². The Kier molecular flexibility index (Phi) is 4.05. The highest BCUT2D eigenvalue weighted by molar-refractivity contribution is 5.76. The molecule has 2 aliphatic rings. The summed E-state index contributed by atoms with van der Waals surface area (Å²) in [6.07, 6.45) is 3.06. The van der Waals surface area contributed by atoms with E-state index in [0.717, 1.165) is 19.7 Å². The van der Waals surface area contributed by atoms with Crippen molar-refractivity contribution in [3.8, 4) is 0 Å². The number of hydrogen-bond donors (Lipinski definition) is 2. The van der Waals surface area contributed by atoms with Crippen LogP contribution in [0.15, 0.2) is 0 Å². The highest BCUT2D eigenvalue weighted by Gasteiger charge is 2.45. The van der Waals surface area contributed by atoms with Crippen molar-refractivity contribution in [1.29, 1.82) is 0 Å². The first kappa shape index (κ1) is 12.8. The van der Waals surface area contributed by atoms with Gasteiger partial charge in [-0.25, -0.2) is 0 Å². The highest BCUT2D eigenvalue weighted by Crippen LogP contribution is 2.51. The summed E-state index contributed by atoms with van der Waals surface area (Å²) >= 11 is 0. The van der Waals surface area contributed by atoms with E-state index in [0.29, 0.717) is 24.4 Å². The monoisotopic (exact) mass is 240 g/mol. The van der Waals surface area contributed by atoms with Crippen LogP contribution in [0, 0.1) is 11.3 Å². The molecule has 2 rings (SSSR count). The minimum Gasteiger partial charge on any atom is -0.378 e. The predicted octanol–water partition coefficient (Wildman–Crippen LogP) is 0.917. The van der Waals surface area contributed by atoms with Gasteiger partial charge in [0.2, 0.25) is 5.91 Å².